The fourth-order valence-corrected chi connectivity index (χ4v) is 2.66. The Kier molecular flexibility index (Phi) is 7.78. The topological polar surface area (TPSA) is 97.4 Å². The molecule has 2 aromatic rings. The molecule has 0 spiro atoms. The molecule has 0 bridgehead atoms. The van der Waals surface area contributed by atoms with Crippen LogP contribution >= 0.6 is 23.2 Å². The molecule has 148 valence electrons. The van der Waals surface area contributed by atoms with Crippen molar-refractivity contribution in [1.82, 2.24) is 10.3 Å². The van der Waals surface area contributed by atoms with E-state index in [-0.39, 0.29) is 17.5 Å². The van der Waals surface area contributed by atoms with Gasteiger partial charge in [0.15, 0.2) is 11.3 Å². The van der Waals surface area contributed by atoms with Gasteiger partial charge in [-0.1, -0.05) is 35.3 Å². The fraction of sp³-hybridized carbons (Fsp3) is 0.263. The first-order valence-electron chi connectivity index (χ1n) is 8.39. The van der Waals surface area contributed by atoms with Gasteiger partial charge < -0.3 is 15.4 Å². The van der Waals surface area contributed by atoms with Crippen molar-refractivity contribution in [3.05, 3.63) is 58.3 Å². The first-order valence-corrected chi connectivity index (χ1v) is 9.15. The zero-order chi connectivity index (χ0) is 20.7. The number of amides is 2. The third-order valence-corrected chi connectivity index (χ3v) is 4.27. The van der Waals surface area contributed by atoms with E-state index in [1.165, 1.54) is 20.0 Å². The van der Waals surface area contributed by atoms with E-state index in [1.54, 1.807) is 36.4 Å². The maximum atomic E-state index is 12.3. The molecule has 0 fully saturated rings. The number of aromatic nitrogens is 1. The molecule has 1 aromatic heterocycles. The van der Waals surface area contributed by atoms with Crippen LogP contribution in [0.4, 0.5) is 5.69 Å². The second-order valence-corrected chi connectivity index (χ2v) is 6.77. The molecule has 7 nitrogen and oxygen atoms in total. The number of esters is 1. The molecule has 2 amide bonds. The Hall–Kier alpha value is -2.64. The number of pyridine rings is 1. The van der Waals surface area contributed by atoms with E-state index in [2.05, 4.69) is 15.6 Å². The lowest BCUT2D eigenvalue weighted by molar-refractivity contribution is -0.153. The average Bonchev–Trinajstić information content (AvgIpc) is 2.63. The van der Waals surface area contributed by atoms with Gasteiger partial charge in [-0.3, -0.25) is 14.4 Å². The number of benzene rings is 1. The van der Waals surface area contributed by atoms with Gasteiger partial charge in [-0.05, 0) is 36.8 Å². The number of carbonyl (C=O) groups excluding carboxylic acids is 3. The Balaban J connectivity index is 1.99. The van der Waals surface area contributed by atoms with Crippen LogP contribution in [-0.4, -0.2) is 28.9 Å². The molecule has 28 heavy (non-hydrogen) atoms. The highest BCUT2D eigenvalue weighted by molar-refractivity contribution is 6.32. The Morgan fingerprint density at radius 1 is 1.14 bits per heavy atom. The van der Waals surface area contributed by atoms with Crippen molar-refractivity contribution < 1.29 is 19.1 Å². The van der Waals surface area contributed by atoms with Crippen molar-refractivity contribution in [1.29, 1.82) is 0 Å². The lowest BCUT2D eigenvalue weighted by atomic mass is 10.0. The first kappa shape index (κ1) is 21.7. The summed E-state index contributed by atoms with van der Waals surface area (Å²) in [6, 6.07) is 9.31. The van der Waals surface area contributed by atoms with Crippen LogP contribution in [0.2, 0.25) is 10.2 Å². The smallest absolute Gasteiger partial charge is 0.309 e. The number of hydrogen-bond acceptors (Lipinski definition) is 5. The molecule has 1 heterocycles. The van der Waals surface area contributed by atoms with E-state index in [1.807, 2.05) is 0 Å². The van der Waals surface area contributed by atoms with Crippen LogP contribution in [0.25, 0.3) is 0 Å². The Bertz CT molecular complexity index is 859. The molecule has 0 saturated heterocycles. The molecule has 0 aliphatic heterocycles. The Morgan fingerprint density at radius 3 is 2.43 bits per heavy atom. The van der Waals surface area contributed by atoms with Gasteiger partial charge >= 0.3 is 5.97 Å². The van der Waals surface area contributed by atoms with Crippen LogP contribution in [0.1, 0.15) is 31.9 Å². The lowest BCUT2D eigenvalue weighted by Gasteiger charge is -2.19. The summed E-state index contributed by atoms with van der Waals surface area (Å²) < 4.78 is 5.19. The van der Waals surface area contributed by atoms with Gasteiger partial charge in [0.1, 0.15) is 0 Å². The molecule has 0 aliphatic rings. The molecule has 2 rings (SSSR count). The molecular weight excluding hydrogens is 405 g/mol. The molecule has 9 heteroatoms. The van der Waals surface area contributed by atoms with Gasteiger partial charge in [-0.2, -0.15) is 0 Å². The molecule has 2 N–H and O–H groups in total. The summed E-state index contributed by atoms with van der Waals surface area (Å²) in [7, 11) is 0. The minimum absolute atomic E-state index is 0.128. The van der Waals surface area contributed by atoms with E-state index in [4.69, 9.17) is 27.9 Å². The highest BCUT2D eigenvalue weighted by Crippen LogP contribution is 2.21. The van der Waals surface area contributed by atoms with Crippen LogP contribution in [0.3, 0.4) is 0 Å². The minimum atomic E-state index is -1.06. The van der Waals surface area contributed by atoms with Crippen molar-refractivity contribution in [3.63, 3.8) is 0 Å². The molecule has 0 aliphatic carbocycles. The van der Waals surface area contributed by atoms with Crippen LogP contribution in [0.5, 0.6) is 0 Å². The molecule has 2 atom stereocenters. The third kappa shape index (κ3) is 6.51. The van der Waals surface area contributed by atoms with Crippen molar-refractivity contribution in [2.24, 2.45) is 0 Å². The van der Waals surface area contributed by atoms with E-state index < -0.39 is 24.0 Å². The summed E-state index contributed by atoms with van der Waals surface area (Å²) in [5.74, 6) is -1.50. The minimum Gasteiger partial charge on any atom is -0.452 e. The van der Waals surface area contributed by atoms with E-state index in [9.17, 15) is 14.4 Å². The number of nitrogens with zero attached hydrogens (tertiary/aromatic N) is 1. The third-order valence-electron chi connectivity index (χ3n) is 3.72. The van der Waals surface area contributed by atoms with Crippen LogP contribution < -0.4 is 10.6 Å². The molecule has 0 saturated carbocycles. The number of carbonyl (C=O) groups is 3. The molecule has 2 unspecified atom stereocenters. The fourth-order valence-electron chi connectivity index (χ4n) is 2.37. The largest absolute Gasteiger partial charge is 0.452 e. The number of anilines is 1. The monoisotopic (exact) mass is 423 g/mol. The predicted molar refractivity (Wildman–Crippen MR) is 106 cm³/mol. The second kappa shape index (κ2) is 10.1. The van der Waals surface area contributed by atoms with Gasteiger partial charge in [0.05, 0.1) is 18.2 Å². The number of halogens is 2. The van der Waals surface area contributed by atoms with Crippen molar-refractivity contribution in [3.8, 4) is 0 Å². The Labute approximate surface area is 172 Å². The SMILES string of the molecule is CC(=O)NC(CC(=O)OC(C)C(=O)Nc1cccnc1Cl)c1ccc(Cl)cc1. The summed E-state index contributed by atoms with van der Waals surface area (Å²) in [4.78, 5) is 39.8. The van der Waals surface area contributed by atoms with Crippen LogP contribution in [-0.2, 0) is 19.1 Å². The number of hydrogen-bond donors (Lipinski definition) is 2. The number of ether oxygens (including phenoxy) is 1. The number of rotatable bonds is 7. The predicted octanol–water partition coefficient (Wildman–Crippen LogP) is 3.53. The maximum absolute atomic E-state index is 12.3. The van der Waals surface area contributed by atoms with E-state index in [0.717, 1.165) is 0 Å². The van der Waals surface area contributed by atoms with Crippen molar-refractivity contribution in [2.75, 3.05) is 5.32 Å². The van der Waals surface area contributed by atoms with Crippen molar-refractivity contribution in [2.45, 2.75) is 32.4 Å². The summed E-state index contributed by atoms with van der Waals surface area (Å²) in [5.41, 5.74) is 1.00. The van der Waals surface area contributed by atoms with E-state index >= 15 is 0 Å². The molecular formula is C19H19Cl2N3O4. The van der Waals surface area contributed by atoms with Crippen LogP contribution in [0, 0.1) is 0 Å². The standard InChI is InChI=1S/C19H19Cl2N3O4/c1-11(19(27)24-15-4-3-9-22-18(15)21)28-17(26)10-16(23-12(2)25)13-5-7-14(20)8-6-13/h3-9,11,16H,10H2,1-2H3,(H,23,25)(H,24,27). The summed E-state index contributed by atoms with van der Waals surface area (Å²) >= 11 is 11.8. The zero-order valence-corrected chi connectivity index (χ0v) is 16.8. The molecule has 1 aromatic carbocycles. The summed E-state index contributed by atoms with van der Waals surface area (Å²) in [6.45, 7) is 2.79. The van der Waals surface area contributed by atoms with Crippen LogP contribution in [0.15, 0.2) is 42.6 Å². The van der Waals surface area contributed by atoms with Crippen molar-refractivity contribution >= 4 is 46.7 Å². The average molecular weight is 424 g/mol. The maximum Gasteiger partial charge on any atom is 0.309 e. The normalized spacial score (nSPS) is 12.6. The van der Waals surface area contributed by atoms with Gasteiger partial charge in [0.25, 0.3) is 5.91 Å². The van der Waals surface area contributed by atoms with Gasteiger partial charge in [0.2, 0.25) is 5.91 Å². The van der Waals surface area contributed by atoms with Gasteiger partial charge in [0, 0.05) is 18.1 Å². The quantitative estimate of drug-likeness (QED) is 0.524. The van der Waals surface area contributed by atoms with E-state index in [0.29, 0.717) is 16.3 Å². The van der Waals surface area contributed by atoms with Gasteiger partial charge in [-0.25, -0.2) is 4.98 Å². The zero-order valence-electron chi connectivity index (χ0n) is 15.2. The first-order chi connectivity index (χ1) is 13.3. The summed E-state index contributed by atoms with van der Waals surface area (Å²) in [6.07, 6.45) is 0.277. The highest BCUT2D eigenvalue weighted by atomic mass is 35.5. The Morgan fingerprint density at radius 2 is 1.82 bits per heavy atom. The summed E-state index contributed by atoms with van der Waals surface area (Å²) in [5, 5.41) is 5.89. The second-order valence-electron chi connectivity index (χ2n) is 5.97. The number of nitrogens with one attached hydrogen (secondary N) is 2. The lowest BCUT2D eigenvalue weighted by Crippen LogP contribution is -2.33. The van der Waals surface area contributed by atoms with Gasteiger partial charge in [-0.15, -0.1) is 0 Å². The molecule has 0 radical (unpaired) electrons. The highest BCUT2D eigenvalue weighted by Gasteiger charge is 2.23.